The van der Waals surface area contributed by atoms with E-state index in [2.05, 4.69) is 10.0 Å². The van der Waals surface area contributed by atoms with Crippen LogP contribution in [0.5, 0.6) is 0 Å². The van der Waals surface area contributed by atoms with Crippen molar-refractivity contribution in [1.82, 2.24) is 5.32 Å². The normalized spacial score (nSPS) is 11.2. The van der Waals surface area contributed by atoms with E-state index in [0.29, 0.717) is 25.1 Å². The predicted molar refractivity (Wildman–Crippen MR) is 121 cm³/mol. The number of ether oxygens (including phenoxy) is 1. The summed E-state index contributed by atoms with van der Waals surface area (Å²) >= 11 is 0. The van der Waals surface area contributed by atoms with E-state index in [0.717, 1.165) is 11.1 Å². The van der Waals surface area contributed by atoms with Gasteiger partial charge in [-0.2, -0.15) is 0 Å². The smallest absolute Gasteiger partial charge is 0.261 e. The van der Waals surface area contributed by atoms with E-state index >= 15 is 0 Å². The van der Waals surface area contributed by atoms with Gasteiger partial charge in [-0.05, 0) is 60.4 Å². The molecule has 6 nitrogen and oxygen atoms in total. The van der Waals surface area contributed by atoms with Crippen LogP contribution in [-0.2, 0) is 32.6 Å². The first-order chi connectivity index (χ1) is 15.4. The highest BCUT2D eigenvalue weighted by Crippen LogP contribution is 2.16. The maximum absolute atomic E-state index is 12.9. The predicted octanol–water partition coefficient (Wildman–Crippen LogP) is 3.89. The lowest BCUT2D eigenvalue weighted by atomic mass is 10.1. The second kappa shape index (κ2) is 11.4. The number of carbonyl (C=O) groups is 1. The Morgan fingerprint density at radius 2 is 1.53 bits per heavy atom. The fraction of sp³-hybridized carbons (Fsp3) is 0.208. The summed E-state index contributed by atoms with van der Waals surface area (Å²) in [6, 6.07) is 21.3. The van der Waals surface area contributed by atoms with Crippen LogP contribution >= 0.6 is 0 Å². The lowest BCUT2D eigenvalue weighted by Gasteiger charge is -2.09. The van der Waals surface area contributed by atoms with Gasteiger partial charge in [-0.1, -0.05) is 42.5 Å². The van der Waals surface area contributed by atoms with Crippen molar-refractivity contribution in [2.75, 3.05) is 17.9 Å². The van der Waals surface area contributed by atoms with Gasteiger partial charge in [0, 0.05) is 12.2 Å². The molecule has 0 aliphatic heterocycles. The molecule has 0 fully saturated rings. The Morgan fingerprint density at radius 1 is 0.875 bits per heavy atom. The quantitative estimate of drug-likeness (QED) is 0.429. The zero-order valence-electron chi connectivity index (χ0n) is 17.5. The number of halogens is 1. The van der Waals surface area contributed by atoms with Crippen molar-refractivity contribution in [1.29, 1.82) is 0 Å². The summed E-state index contributed by atoms with van der Waals surface area (Å²) in [4.78, 5) is 12.0. The van der Waals surface area contributed by atoms with Crippen LogP contribution in [0.2, 0.25) is 0 Å². The van der Waals surface area contributed by atoms with Crippen molar-refractivity contribution in [2.45, 2.75) is 24.3 Å². The molecule has 1 amide bonds. The van der Waals surface area contributed by atoms with E-state index in [-0.39, 0.29) is 29.8 Å². The van der Waals surface area contributed by atoms with E-state index in [1.54, 1.807) is 60.7 Å². The Balaban J connectivity index is 1.36. The highest BCUT2D eigenvalue weighted by Gasteiger charge is 2.13. The van der Waals surface area contributed by atoms with Gasteiger partial charge in [0.25, 0.3) is 10.0 Å². The van der Waals surface area contributed by atoms with E-state index < -0.39 is 10.0 Å². The fourth-order valence-electron chi connectivity index (χ4n) is 2.97. The van der Waals surface area contributed by atoms with Crippen LogP contribution in [0.25, 0.3) is 0 Å². The summed E-state index contributed by atoms with van der Waals surface area (Å²) in [7, 11) is -3.64. The van der Waals surface area contributed by atoms with Crippen LogP contribution in [0.1, 0.15) is 17.5 Å². The Labute approximate surface area is 187 Å². The number of anilines is 1. The van der Waals surface area contributed by atoms with Crippen molar-refractivity contribution in [3.63, 3.8) is 0 Å². The summed E-state index contributed by atoms with van der Waals surface area (Å²) in [6.45, 7) is 0.648. The first-order valence-corrected chi connectivity index (χ1v) is 11.7. The number of hydrogen-bond donors (Lipinski definition) is 2. The third-order valence-electron chi connectivity index (χ3n) is 4.64. The molecule has 0 aliphatic rings. The minimum Gasteiger partial charge on any atom is -0.367 e. The molecule has 2 N–H and O–H groups in total. The summed E-state index contributed by atoms with van der Waals surface area (Å²) in [5.41, 5.74) is 2.28. The van der Waals surface area contributed by atoms with Crippen LogP contribution in [0.4, 0.5) is 10.1 Å². The minimum absolute atomic E-state index is 0.0711. The standard InChI is InChI=1S/C24H25FN2O4S/c25-21-12-8-20(9-13-21)17-31-18-24(28)26-16-4-5-19-10-14-23(15-11-19)32(29,30)27-22-6-2-1-3-7-22/h1-3,6-15,27H,4-5,16-18H2,(H,26,28). The van der Waals surface area contributed by atoms with Crippen molar-refractivity contribution < 1.29 is 22.3 Å². The van der Waals surface area contributed by atoms with Crippen molar-refractivity contribution in [3.05, 3.63) is 95.8 Å². The van der Waals surface area contributed by atoms with Gasteiger partial charge in [-0.15, -0.1) is 0 Å². The highest BCUT2D eigenvalue weighted by molar-refractivity contribution is 7.92. The second-order valence-electron chi connectivity index (χ2n) is 7.19. The van der Waals surface area contributed by atoms with E-state index in [1.165, 1.54) is 12.1 Å². The molecule has 0 aliphatic carbocycles. The third-order valence-corrected chi connectivity index (χ3v) is 6.04. The molecule has 0 bridgehead atoms. The molecule has 0 heterocycles. The van der Waals surface area contributed by atoms with Gasteiger partial charge in [0.2, 0.25) is 5.91 Å². The van der Waals surface area contributed by atoms with Gasteiger partial charge in [0.15, 0.2) is 0 Å². The molecule has 0 aromatic heterocycles. The molecule has 0 unspecified atom stereocenters. The Kier molecular flexibility index (Phi) is 8.35. The van der Waals surface area contributed by atoms with Crippen LogP contribution in [-0.4, -0.2) is 27.5 Å². The molecule has 0 saturated carbocycles. The maximum atomic E-state index is 12.9. The lowest BCUT2D eigenvalue weighted by Crippen LogP contribution is -2.28. The number of rotatable bonds is 11. The van der Waals surface area contributed by atoms with Gasteiger partial charge in [0.1, 0.15) is 12.4 Å². The topological polar surface area (TPSA) is 84.5 Å². The van der Waals surface area contributed by atoms with Gasteiger partial charge in [-0.3, -0.25) is 9.52 Å². The third kappa shape index (κ3) is 7.47. The van der Waals surface area contributed by atoms with E-state index in [1.807, 2.05) is 6.07 Å². The number of aryl methyl sites for hydroxylation is 1. The number of amides is 1. The highest BCUT2D eigenvalue weighted by atomic mass is 32.2. The summed E-state index contributed by atoms with van der Waals surface area (Å²) in [5.74, 6) is -0.535. The Morgan fingerprint density at radius 3 is 2.22 bits per heavy atom. The maximum Gasteiger partial charge on any atom is 0.261 e. The molecule has 3 aromatic carbocycles. The minimum atomic E-state index is -3.64. The van der Waals surface area contributed by atoms with Crippen molar-refractivity contribution in [2.24, 2.45) is 0 Å². The summed E-state index contributed by atoms with van der Waals surface area (Å²) in [5, 5.41) is 2.78. The Hall–Kier alpha value is -3.23. The molecule has 0 spiro atoms. The van der Waals surface area contributed by atoms with Gasteiger partial charge < -0.3 is 10.1 Å². The molecule has 0 saturated heterocycles. The van der Waals surface area contributed by atoms with Crippen LogP contribution in [0.15, 0.2) is 83.8 Å². The van der Waals surface area contributed by atoms with Crippen LogP contribution in [0.3, 0.4) is 0 Å². The number of benzene rings is 3. The summed E-state index contributed by atoms with van der Waals surface area (Å²) in [6.07, 6.45) is 1.40. The number of carbonyl (C=O) groups excluding carboxylic acids is 1. The number of nitrogens with one attached hydrogen (secondary N) is 2. The largest absolute Gasteiger partial charge is 0.367 e. The number of sulfonamides is 1. The molecule has 3 rings (SSSR count). The molecule has 0 radical (unpaired) electrons. The summed E-state index contributed by atoms with van der Waals surface area (Å²) < 4.78 is 45.6. The zero-order valence-corrected chi connectivity index (χ0v) is 18.3. The molecular formula is C24H25FN2O4S. The average Bonchev–Trinajstić information content (AvgIpc) is 2.79. The van der Waals surface area contributed by atoms with Gasteiger partial charge >= 0.3 is 0 Å². The average molecular weight is 457 g/mol. The van der Waals surface area contributed by atoms with Gasteiger partial charge in [0.05, 0.1) is 11.5 Å². The van der Waals surface area contributed by atoms with Crippen LogP contribution < -0.4 is 10.0 Å². The van der Waals surface area contributed by atoms with Crippen molar-refractivity contribution >= 4 is 21.6 Å². The molecule has 0 atom stereocenters. The second-order valence-corrected chi connectivity index (χ2v) is 8.87. The molecular weight excluding hydrogens is 431 g/mol. The fourth-order valence-corrected chi connectivity index (χ4v) is 4.03. The lowest BCUT2D eigenvalue weighted by molar-refractivity contribution is -0.126. The zero-order chi connectivity index (χ0) is 22.8. The molecule has 3 aromatic rings. The van der Waals surface area contributed by atoms with Gasteiger partial charge in [-0.25, -0.2) is 12.8 Å². The monoisotopic (exact) mass is 456 g/mol. The number of hydrogen-bond acceptors (Lipinski definition) is 4. The molecule has 168 valence electrons. The van der Waals surface area contributed by atoms with Crippen LogP contribution in [0, 0.1) is 5.82 Å². The molecule has 32 heavy (non-hydrogen) atoms. The number of para-hydroxylation sites is 1. The first kappa shape index (κ1) is 23.4. The SMILES string of the molecule is O=C(COCc1ccc(F)cc1)NCCCc1ccc(S(=O)(=O)Nc2ccccc2)cc1. The Bertz CT molecular complexity index is 1100. The molecule has 8 heteroatoms. The van der Waals surface area contributed by atoms with E-state index in [4.69, 9.17) is 4.74 Å². The first-order valence-electron chi connectivity index (χ1n) is 10.2. The van der Waals surface area contributed by atoms with Crippen molar-refractivity contribution in [3.8, 4) is 0 Å². The van der Waals surface area contributed by atoms with E-state index in [9.17, 15) is 17.6 Å².